The molecular weight excluding hydrogens is 216 g/mol. The molecule has 2 fully saturated rings. The van der Waals surface area contributed by atoms with Crippen LogP contribution in [0, 0.1) is 5.92 Å². The third-order valence-corrected chi connectivity index (χ3v) is 3.87. The molecule has 2 rings (SSSR count). The number of amides is 1. The van der Waals surface area contributed by atoms with E-state index in [1.807, 2.05) is 4.90 Å². The molecule has 2 aliphatic rings. The Bertz CT molecular complexity index is 273. The van der Waals surface area contributed by atoms with Crippen molar-refractivity contribution in [2.24, 2.45) is 5.92 Å². The second kappa shape index (κ2) is 5.36. The highest BCUT2D eigenvalue weighted by atomic mass is 16.3. The maximum atomic E-state index is 11.9. The molecule has 0 bridgehead atoms. The smallest absolute Gasteiger partial charge is 0.238 e. The average molecular weight is 240 g/mol. The summed E-state index contributed by atoms with van der Waals surface area (Å²) in [5.74, 6) is 0.826. The SMILES string of the molecule is CC(C)CC1NCC(=O)N1C1CCC(O)CC1. The molecule has 0 spiro atoms. The van der Waals surface area contributed by atoms with Gasteiger partial charge in [0.2, 0.25) is 5.91 Å². The van der Waals surface area contributed by atoms with Crippen LogP contribution in [0.1, 0.15) is 46.0 Å². The molecule has 0 aromatic heterocycles. The van der Waals surface area contributed by atoms with Crippen LogP contribution >= 0.6 is 0 Å². The first-order valence-electron chi connectivity index (χ1n) is 6.80. The lowest BCUT2D eigenvalue weighted by Crippen LogP contribution is -2.47. The van der Waals surface area contributed by atoms with Crippen LogP contribution in [0.15, 0.2) is 0 Å². The first kappa shape index (κ1) is 12.8. The summed E-state index contributed by atoms with van der Waals surface area (Å²) in [5.41, 5.74) is 0. The summed E-state index contributed by atoms with van der Waals surface area (Å²) in [7, 11) is 0. The molecule has 1 atom stereocenters. The Morgan fingerprint density at radius 2 is 2.00 bits per heavy atom. The minimum Gasteiger partial charge on any atom is -0.393 e. The molecule has 2 N–H and O–H groups in total. The van der Waals surface area contributed by atoms with Crippen molar-refractivity contribution in [1.82, 2.24) is 10.2 Å². The van der Waals surface area contributed by atoms with E-state index in [-0.39, 0.29) is 18.2 Å². The van der Waals surface area contributed by atoms with Crippen LogP contribution in [0.3, 0.4) is 0 Å². The van der Waals surface area contributed by atoms with Gasteiger partial charge >= 0.3 is 0 Å². The molecule has 0 aromatic rings. The summed E-state index contributed by atoms with van der Waals surface area (Å²) in [6.07, 6.45) is 4.64. The van der Waals surface area contributed by atoms with Gasteiger partial charge in [-0.15, -0.1) is 0 Å². The fraction of sp³-hybridized carbons (Fsp3) is 0.923. The van der Waals surface area contributed by atoms with E-state index < -0.39 is 0 Å². The minimum absolute atomic E-state index is 0.152. The van der Waals surface area contributed by atoms with E-state index in [2.05, 4.69) is 19.2 Å². The molecule has 1 aliphatic heterocycles. The number of carbonyl (C=O) groups excluding carboxylic acids is 1. The van der Waals surface area contributed by atoms with Gasteiger partial charge in [-0.2, -0.15) is 0 Å². The highest BCUT2D eigenvalue weighted by Crippen LogP contribution is 2.27. The number of aliphatic hydroxyl groups excluding tert-OH is 1. The molecule has 1 saturated heterocycles. The molecular formula is C13H24N2O2. The molecule has 1 unspecified atom stereocenters. The van der Waals surface area contributed by atoms with E-state index in [9.17, 15) is 9.90 Å². The van der Waals surface area contributed by atoms with Crippen LogP contribution in [0.4, 0.5) is 0 Å². The molecule has 1 heterocycles. The summed E-state index contributed by atoms with van der Waals surface area (Å²) in [5, 5.41) is 12.8. The Balaban J connectivity index is 1.98. The van der Waals surface area contributed by atoms with Gasteiger partial charge in [0.15, 0.2) is 0 Å². The number of carbonyl (C=O) groups is 1. The van der Waals surface area contributed by atoms with E-state index in [1.165, 1.54) is 0 Å². The predicted molar refractivity (Wildman–Crippen MR) is 66.4 cm³/mol. The summed E-state index contributed by atoms with van der Waals surface area (Å²) >= 11 is 0. The van der Waals surface area contributed by atoms with E-state index in [4.69, 9.17) is 0 Å². The van der Waals surface area contributed by atoms with Gasteiger partial charge in [-0.3, -0.25) is 10.1 Å². The second-order valence-electron chi connectivity index (χ2n) is 5.79. The topological polar surface area (TPSA) is 52.6 Å². The standard InChI is InChI=1S/C13H24N2O2/c1-9(2)7-12-14-8-13(17)15(12)10-3-5-11(16)6-4-10/h9-12,14,16H,3-8H2,1-2H3. The lowest BCUT2D eigenvalue weighted by molar-refractivity contribution is -0.131. The van der Waals surface area contributed by atoms with Gasteiger partial charge in [-0.1, -0.05) is 13.8 Å². The first-order chi connectivity index (χ1) is 8.08. The van der Waals surface area contributed by atoms with Crippen molar-refractivity contribution in [3.05, 3.63) is 0 Å². The molecule has 17 heavy (non-hydrogen) atoms. The number of nitrogens with one attached hydrogen (secondary N) is 1. The Morgan fingerprint density at radius 1 is 1.35 bits per heavy atom. The van der Waals surface area contributed by atoms with Gasteiger partial charge in [-0.05, 0) is 38.0 Å². The number of hydrogen-bond acceptors (Lipinski definition) is 3. The van der Waals surface area contributed by atoms with E-state index in [0.29, 0.717) is 18.5 Å². The number of rotatable bonds is 3. The Morgan fingerprint density at radius 3 is 2.59 bits per heavy atom. The van der Waals surface area contributed by atoms with Gasteiger partial charge in [0.1, 0.15) is 0 Å². The van der Waals surface area contributed by atoms with Crippen molar-refractivity contribution in [1.29, 1.82) is 0 Å². The quantitative estimate of drug-likeness (QED) is 0.776. The molecule has 0 aromatic carbocycles. The zero-order chi connectivity index (χ0) is 12.4. The number of nitrogens with zero attached hydrogens (tertiary/aromatic N) is 1. The zero-order valence-corrected chi connectivity index (χ0v) is 10.9. The Hall–Kier alpha value is -0.610. The van der Waals surface area contributed by atoms with Crippen molar-refractivity contribution < 1.29 is 9.90 Å². The number of aliphatic hydroxyl groups is 1. The predicted octanol–water partition coefficient (Wildman–Crippen LogP) is 1.09. The van der Waals surface area contributed by atoms with Gasteiger partial charge in [0.25, 0.3) is 0 Å². The second-order valence-corrected chi connectivity index (χ2v) is 5.79. The largest absolute Gasteiger partial charge is 0.393 e. The molecule has 1 amide bonds. The monoisotopic (exact) mass is 240 g/mol. The summed E-state index contributed by atoms with van der Waals surface area (Å²) in [4.78, 5) is 14.0. The average Bonchev–Trinajstić information content (AvgIpc) is 2.61. The maximum Gasteiger partial charge on any atom is 0.238 e. The van der Waals surface area contributed by atoms with Crippen molar-refractivity contribution in [3.8, 4) is 0 Å². The van der Waals surface area contributed by atoms with Crippen LogP contribution in [0.2, 0.25) is 0 Å². The lowest BCUT2D eigenvalue weighted by atomic mass is 9.91. The Kier molecular flexibility index (Phi) is 4.05. The normalized spacial score (nSPS) is 34.7. The van der Waals surface area contributed by atoms with Crippen LogP contribution in [-0.4, -0.2) is 40.8 Å². The van der Waals surface area contributed by atoms with E-state index in [0.717, 1.165) is 32.1 Å². The van der Waals surface area contributed by atoms with Crippen LogP contribution in [-0.2, 0) is 4.79 Å². The van der Waals surface area contributed by atoms with Crippen LogP contribution in [0.5, 0.6) is 0 Å². The molecule has 1 aliphatic carbocycles. The van der Waals surface area contributed by atoms with Crippen molar-refractivity contribution in [2.75, 3.05) is 6.54 Å². The highest BCUT2D eigenvalue weighted by molar-refractivity contribution is 5.81. The van der Waals surface area contributed by atoms with Crippen molar-refractivity contribution in [3.63, 3.8) is 0 Å². The maximum absolute atomic E-state index is 11.9. The van der Waals surface area contributed by atoms with Crippen LogP contribution < -0.4 is 5.32 Å². The van der Waals surface area contributed by atoms with Crippen LogP contribution in [0.25, 0.3) is 0 Å². The molecule has 0 radical (unpaired) electrons. The van der Waals surface area contributed by atoms with Gasteiger partial charge < -0.3 is 10.0 Å². The third kappa shape index (κ3) is 2.99. The van der Waals surface area contributed by atoms with E-state index >= 15 is 0 Å². The highest BCUT2D eigenvalue weighted by Gasteiger charge is 2.37. The van der Waals surface area contributed by atoms with Gasteiger partial charge in [-0.25, -0.2) is 0 Å². The first-order valence-corrected chi connectivity index (χ1v) is 6.80. The van der Waals surface area contributed by atoms with Gasteiger partial charge in [0.05, 0.1) is 18.8 Å². The van der Waals surface area contributed by atoms with Crippen molar-refractivity contribution in [2.45, 2.75) is 64.3 Å². The lowest BCUT2D eigenvalue weighted by Gasteiger charge is -2.37. The minimum atomic E-state index is -0.152. The molecule has 98 valence electrons. The summed E-state index contributed by atoms with van der Waals surface area (Å²) < 4.78 is 0. The fourth-order valence-corrected chi connectivity index (χ4v) is 3.01. The molecule has 1 saturated carbocycles. The van der Waals surface area contributed by atoms with Gasteiger partial charge in [0, 0.05) is 6.04 Å². The van der Waals surface area contributed by atoms with Crippen molar-refractivity contribution >= 4 is 5.91 Å². The Labute approximate surface area is 103 Å². The molecule has 4 heteroatoms. The fourth-order valence-electron chi connectivity index (χ4n) is 3.01. The zero-order valence-electron chi connectivity index (χ0n) is 10.9. The summed E-state index contributed by atoms with van der Waals surface area (Å²) in [6.45, 7) is 4.86. The molecule has 4 nitrogen and oxygen atoms in total. The van der Waals surface area contributed by atoms with E-state index in [1.54, 1.807) is 0 Å². The summed E-state index contributed by atoms with van der Waals surface area (Å²) in [6, 6.07) is 0.338. The number of hydrogen-bond donors (Lipinski definition) is 2. The third-order valence-electron chi connectivity index (χ3n) is 3.87.